The van der Waals surface area contributed by atoms with E-state index in [9.17, 15) is 14.9 Å². The molecule has 1 atom stereocenters. The molecule has 0 saturated carbocycles. The lowest BCUT2D eigenvalue weighted by atomic mass is 10.1. The van der Waals surface area contributed by atoms with Gasteiger partial charge in [-0.1, -0.05) is 6.07 Å². The zero-order valence-electron chi connectivity index (χ0n) is 22.3. The second-order valence-electron chi connectivity index (χ2n) is 10.9. The molecule has 38 heavy (non-hydrogen) atoms. The number of hydrogen-bond acceptors (Lipinski definition) is 7. The first kappa shape index (κ1) is 25.5. The normalized spacial score (nSPS) is 18.1. The molecule has 2 amide bonds. The fourth-order valence-electron chi connectivity index (χ4n) is 5.20. The lowest BCUT2D eigenvalue weighted by molar-refractivity contribution is 0.0218. The molecule has 0 radical (unpaired) electrons. The molecule has 2 saturated heterocycles. The van der Waals surface area contributed by atoms with Crippen molar-refractivity contribution < 1.29 is 14.3 Å². The van der Waals surface area contributed by atoms with Crippen LogP contribution in [0.3, 0.4) is 0 Å². The number of likely N-dealkylation sites (tertiary alicyclic amines) is 1. The highest BCUT2D eigenvalue weighted by molar-refractivity contribution is 6.10. The number of carbonyl (C=O) groups excluding carboxylic acids is 2. The van der Waals surface area contributed by atoms with Gasteiger partial charge in [-0.25, -0.2) is 14.8 Å². The first-order valence-electron chi connectivity index (χ1n) is 13.1. The van der Waals surface area contributed by atoms with Gasteiger partial charge in [-0.15, -0.1) is 0 Å². The van der Waals surface area contributed by atoms with Gasteiger partial charge >= 0.3 is 6.09 Å². The number of fused-ring (bicyclic) bond motifs is 1. The van der Waals surface area contributed by atoms with E-state index in [0.717, 1.165) is 31.6 Å². The molecule has 10 heteroatoms. The van der Waals surface area contributed by atoms with Gasteiger partial charge in [0.2, 0.25) is 0 Å². The van der Waals surface area contributed by atoms with Gasteiger partial charge in [0.05, 0.1) is 22.6 Å². The zero-order valence-corrected chi connectivity index (χ0v) is 22.3. The monoisotopic (exact) mass is 515 g/mol. The summed E-state index contributed by atoms with van der Waals surface area (Å²) in [7, 11) is 0. The molecular weight excluding hydrogens is 482 g/mol. The average molecular weight is 516 g/mol. The number of benzene rings is 1. The first-order valence-corrected chi connectivity index (χ1v) is 13.1. The lowest BCUT2D eigenvalue weighted by Gasteiger charge is -2.41. The summed E-state index contributed by atoms with van der Waals surface area (Å²) in [6.07, 6.45) is 4.98. The Morgan fingerprint density at radius 1 is 1.08 bits per heavy atom. The second-order valence-corrected chi connectivity index (χ2v) is 10.9. The SMILES string of the molecule is C[C@H]1CN(C(=O)OC(C)(C)C)CCN1c1ncnc2c1c(C(=O)N1CCCC1)cn2-c1cccc(C#N)c1. The Morgan fingerprint density at radius 2 is 1.84 bits per heavy atom. The predicted molar refractivity (Wildman–Crippen MR) is 143 cm³/mol. The number of piperazine rings is 1. The number of amides is 2. The maximum atomic E-state index is 13.7. The Hall–Kier alpha value is -4.13. The predicted octanol–water partition coefficient (Wildman–Crippen LogP) is 3.97. The van der Waals surface area contributed by atoms with Crippen LogP contribution < -0.4 is 4.90 Å². The number of nitriles is 1. The second kappa shape index (κ2) is 9.97. The van der Waals surface area contributed by atoms with Crippen LogP contribution in [0.15, 0.2) is 36.8 Å². The summed E-state index contributed by atoms with van der Waals surface area (Å²) in [6.45, 7) is 10.6. The highest BCUT2D eigenvalue weighted by Crippen LogP contribution is 2.34. The number of anilines is 1. The van der Waals surface area contributed by atoms with Crippen LogP contribution >= 0.6 is 0 Å². The highest BCUT2D eigenvalue weighted by atomic mass is 16.6. The van der Waals surface area contributed by atoms with Crippen molar-refractivity contribution in [3.05, 3.63) is 47.9 Å². The summed E-state index contributed by atoms with van der Waals surface area (Å²) < 4.78 is 7.45. The first-order chi connectivity index (χ1) is 18.2. The molecule has 198 valence electrons. The average Bonchev–Trinajstić information content (AvgIpc) is 3.56. The van der Waals surface area contributed by atoms with E-state index in [2.05, 4.69) is 20.9 Å². The van der Waals surface area contributed by atoms with Gasteiger partial charge in [-0.3, -0.25) is 4.79 Å². The number of aromatic nitrogens is 3. The molecule has 0 N–H and O–H groups in total. The van der Waals surface area contributed by atoms with E-state index < -0.39 is 5.60 Å². The molecular formula is C28H33N7O3. The lowest BCUT2D eigenvalue weighted by Crippen LogP contribution is -2.55. The van der Waals surface area contributed by atoms with Gasteiger partial charge in [0.15, 0.2) is 5.65 Å². The minimum Gasteiger partial charge on any atom is -0.444 e. The van der Waals surface area contributed by atoms with E-state index in [1.807, 2.05) is 55.5 Å². The summed E-state index contributed by atoms with van der Waals surface area (Å²) in [4.78, 5) is 41.4. The quantitative estimate of drug-likeness (QED) is 0.519. The fraction of sp³-hybridized carbons (Fsp3) is 0.464. The van der Waals surface area contributed by atoms with Crippen molar-refractivity contribution in [3.8, 4) is 11.8 Å². The largest absolute Gasteiger partial charge is 0.444 e. The van der Waals surface area contributed by atoms with Crippen LogP contribution in [0.4, 0.5) is 10.6 Å². The number of rotatable bonds is 3. The molecule has 2 fully saturated rings. The van der Waals surface area contributed by atoms with Gasteiger partial charge in [0, 0.05) is 50.6 Å². The van der Waals surface area contributed by atoms with Gasteiger partial charge in [-0.2, -0.15) is 5.26 Å². The molecule has 2 aromatic heterocycles. The van der Waals surface area contributed by atoms with Crippen LogP contribution in [0.25, 0.3) is 16.7 Å². The van der Waals surface area contributed by atoms with E-state index >= 15 is 0 Å². The highest BCUT2D eigenvalue weighted by Gasteiger charge is 2.33. The number of carbonyl (C=O) groups is 2. The van der Waals surface area contributed by atoms with Crippen LogP contribution in [-0.2, 0) is 4.74 Å². The molecule has 2 aliphatic heterocycles. The van der Waals surface area contributed by atoms with Crippen molar-refractivity contribution in [2.24, 2.45) is 0 Å². The van der Waals surface area contributed by atoms with Gasteiger partial charge < -0.3 is 24.0 Å². The Balaban J connectivity index is 1.56. The van der Waals surface area contributed by atoms with Crippen molar-refractivity contribution in [2.75, 3.05) is 37.6 Å². The maximum Gasteiger partial charge on any atom is 0.410 e. The van der Waals surface area contributed by atoms with Crippen LogP contribution in [-0.4, -0.2) is 80.7 Å². The molecule has 4 heterocycles. The summed E-state index contributed by atoms with van der Waals surface area (Å²) in [6, 6.07) is 9.37. The third kappa shape index (κ3) is 4.88. The van der Waals surface area contributed by atoms with E-state index in [0.29, 0.717) is 47.6 Å². The Labute approximate surface area is 222 Å². The van der Waals surface area contributed by atoms with Crippen LogP contribution in [0, 0.1) is 11.3 Å². The molecule has 2 aliphatic rings. The van der Waals surface area contributed by atoms with Gasteiger partial charge in [0.25, 0.3) is 5.91 Å². The summed E-state index contributed by atoms with van der Waals surface area (Å²) >= 11 is 0. The van der Waals surface area contributed by atoms with Crippen molar-refractivity contribution in [1.29, 1.82) is 5.26 Å². The third-order valence-electron chi connectivity index (χ3n) is 6.99. The smallest absolute Gasteiger partial charge is 0.410 e. The van der Waals surface area contributed by atoms with Gasteiger partial charge in [0.1, 0.15) is 17.7 Å². The Kier molecular flexibility index (Phi) is 6.69. The molecule has 0 unspecified atom stereocenters. The zero-order chi connectivity index (χ0) is 27.0. The van der Waals surface area contributed by atoms with Crippen molar-refractivity contribution in [2.45, 2.75) is 52.2 Å². The van der Waals surface area contributed by atoms with E-state index in [4.69, 9.17) is 4.74 Å². The Morgan fingerprint density at radius 3 is 2.53 bits per heavy atom. The molecule has 3 aromatic rings. The van der Waals surface area contributed by atoms with Crippen LogP contribution in [0.2, 0.25) is 0 Å². The van der Waals surface area contributed by atoms with Gasteiger partial charge in [-0.05, 0) is 58.7 Å². The summed E-state index contributed by atoms with van der Waals surface area (Å²) in [5, 5.41) is 10.1. The molecule has 0 bridgehead atoms. The van der Waals surface area contributed by atoms with Crippen molar-refractivity contribution in [1.82, 2.24) is 24.3 Å². The van der Waals surface area contributed by atoms with E-state index in [-0.39, 0.29) is 18.0 Å². The van der Waals surface area contributed by atoms with E-state index in [1.54, 1.807) is 17.0 Å². The van der Waals surface area contributed by atoms with Crippen molar-refractivity contribution >= 4 is 28.9 Å². The standard InChI is InChI=1S/C28H33N7O3/c1-19-16-33(27(37)38-28(2,3)4)12-13-34(19)24-23-22(26(36)32-10-5-6-11-32)17-35(25(23)31-18-30-24)21-9-7-8-20(14-21)15-29/h7-9,14,17-19H,5-6,10-13,16H2,1-4H3/t19-/m0/s1. The minimum absolute atomic E-state index is 0.0428. The number of ether oxygens (including phenoxy) is 1. The molecule has 5 rings (SSSR count). The number of hydrogen-bond donors (Lipinski definition) is 0. The fourth-order valence-corrected chi connectivity index (χ4v) is 5.20. The summed E-state index contributed by atoms with van der Waals surface area (Å²) in [5.41, 5.74) is 1.86. The summed E-state index contributed by atoms with van der Waals surface area (Å²) in [5.74, 6) is 0.628. The molecule has 10 nitrogen and oxygen atoms in total. The molecule has 1 aromatic carbocycles. The van der Waals surface area contributed by atoms with Crippen LogP contribution in [0.1, 0.15) is 56.5 Å². The molecule has 0 spiro atoms. The third-order valence-corrected chi connectivity index (χ3v) is 6.99. The van der Waals surface area contributed by atoms with E-state index in [1.165, 1.54) is 6.33 Å². The number of nitrogens with zero attached hydrogens (tertiary/aromatic N) is 7. The molecule has 0 aliphatic carbocycles. The Bertz CT molecular complexity index is 1410. The van der Waals surface area contributed by atoms with Crippen molar-refractivity contribution in [3.63, 3.8) is 0 Å². The maximum absolute atomic E-state index is 13.7. The topological polar surface area (TPSA) is 108 Å². The van der Waals surface area contributed by atoms with Crippen LogP contribution in [0.5, 0.6) is 0 Å². The minimum atomic E-state index is -0.563.